The summed E-state index contributed by atoms with van der Waals surface area (Å²) < 4.78 is 41.2. The van der Waals surface area contributed by atoms with Crippen molar-refractivity contribution in [1.82, 2.24) is 0 Å². The lowest BCUT2D eigenvalue weighted by Crippen LogP contribution is -2.03. The van der Waals surface area contributed by atoms with E-state index in [-0.39, 0.29) is 5.82 Å². The van der Waals surface area contributed by atoms with Crippen molar-refractivity contribution in [3.63, 3.8) is 0 Å². The fraction of sp³-hybridized carbons (Fsp3) is 0.333. The molecule has 0 saturated carbocycles. The van der Waals surface area contributed by atoms with Gasteiger partial charge in [0.1, 0.15) is 5.82 Å². The summed E-state index contributed by atoms with van der Waals surface area (Å²) in [6, 6.07) is 7.82. The lowest BCUT2D eigenvalue weighted by Gasteiger charge is -2.18. The molecule has 1 aliphatic rings. The van der Waals surface area contributed by atoms with Crippen molar-refractivity contribution in [1.29, 1.82) is 0 Å². The van der Waals surface area contributed by atoms with Crippen LogP contribution in [0.15, 0.2) is 30.3 Å². The number of rotatable bonds is 5. The Labute approximate surface area is 141 Å². The first-order valence-corrected chi connectivity index (χ1v) is 8.55. The first-order valence-electron chi connectivity index (χ1n) is 8.55. The monoisotopic (exact) mass is 330 g/mol. The first kappa shape index (κ1) is 16.8. The number of unbranched alkanes of at least 4 members (excludes halogenated alkanes) is 2. The molecule has 0 spiro atoms. The molecule has 1 aliphatic carbocycles. The molecule has 3 heteroatoms. The summed E-state index contributed by atoms with van der Waals surface area (Å²) in [5.41, 5.74) is 3.82. The minimum absolute atomic E-state index is 0.235. The van der Waals surface area contributed by atoms with E-state index in [1.54, 1.807) is 12.1 Å². The van der Waals surface area contributed by atoms with E-state index in [2.05, 4.69) is 6.92 Å². The molecule has 2 aromatic rings. The van der Waals surface area contributed by atoms with Crippen LogP contribution >= 0.6 is 0 Å². The number of hydrogen-bond acceptors (Lipinski definition) is 0. The van der Waals surface area contributed by atoms with E-state index in [1.165, 1.54) is 12.1 Å². The van der Waals surface area contributed by atoms with Crippen LogP contribution in [-0.2, 0) is 12.8 Å². The molecule has 0 aromatic heterocycles. The van der Waals surface area contributed by atoms with Crippen molar-refractivity contribution in [2.24, 2.45) is 0 Å². The highest BCUT2D eigenvalue weighted by molar-refractivity contribution is 5.84. The number of allylic oxidation sites excluding steroid dienone is 1. The van der Waals surface area contributed by atoms with Crippen LogP contribution in [-0.4, -0.2) is 0 Å². The number of halogens is 3. The van der Waals surface area contributed by atoms with E-state index in [9.17, 15) is 13.2 Å². The molecule has 3 rings (SSSR count). The van der Waals surface area contributed by atoms with Gasteiger partial charge in [0, 0.05) is 5.56 Å². The SMILES string of the molecule is CCCCCc1ccc(C2=Cc3cc(F)c(F)cc3CC2)c(F)c1. The van der Waals surface area contributed by atoms with Gasteiger partial charge >= 0.3 is 0 Å². The molecule has 0 saturated heterocycles. The van der Waals surface area contributed by atoms with Crippen LogP contribution in [0.1, 0.15) is 54.9 Å². The highest BCUT2D eigenvalue weighted by Crippen LogP contribution is 2.33. The Hall–Kier alpha value is -2.03. The minimum atomic E-state index is -0.863. The summed E-state index contributed by atoms with van der Waals surface area (Å²) in [4.78, 5) is 0. The molecular formula is C21H21F3. The lowest BCUT2D eigenvalue weighted by molar-refractivity contribution is 0.506. The summed E-state index contributed by atoms with van der Waals surface area (Å²) >= 11 is 0. The Morgan fingerprint density at radius 2 is 1.67 bits per heavy atom. The zero-order valence-corrected chi connectivity index (χ0v) is 13.8. The average molecular weight is 330 g/mol. The Morgan fingerprint density at radius 1 is 0.875 bits per heavy atom. The van der Waals surface area contributed by atoms with Crippen molar-refractivity contribution >= 4 is 11.6 Å². The molecule has 0 heterocycles. The first-order chi connectivity index (χ1) is 11.6. The largest absolute Gasteiger partial charge is 0.206 e. The maximum absolute atomic E-state index is 14.5. The van der Waals surface area contributed by atoms with E-state index in [4.69, 9.17) is 0 Å². The number of hydrogen-bond donors (Lipinski definition) is 0. The molecular weight excluding hydrogens is 309 g/mol. The van der Waals surface area contributed by atoms with Crippen molar-refractivity contribution in [3.8, 4) is 0 Å². The second-order valence-corrected chi connectivity index (χ2v) is 6.41. The second kappa shape index (κ2) is 7.25. The number of fused-ring (bicyclic) bond motifs is 1. The van der Waals surface area contributed by atoms with Crippen LogP contribution in [0.2, 0.25) is 0 Å². The van der Waals surface area contributed by atoms with Gasteiger partial charge in [0.15, 0.2) is 11.6 Å². The van der Waals surface area contributed by atoms with E-state index < -0.39 is 11.6 Å². The Bertz CT molecular complexity index is 775. The summed E-state index contributed by atoms with van der Waals surface area (Å²) in [5, 5.41) is 0. The highest BCUT2D eigenvalue weighted by Gasteiger charge is 2.17. The summed E-state index contributed by atoms with van der Waals surface area (Å²) in [6.45, 7) is 2.14. The predicted octanol–water partition coefficient (Wildman–Crippen LogP) is 6.32. The highest BCUT2D eigenvalue weighted by atomic mass is 19.2. The fourth-order valence-corrected chi connectivity index (χ4v) is 3.25. The molecule has 126 valence electrons. The standard InChI is InChI=1S/C21H21F3/c1-2-3-4-5-14-6-9-18(19(22)10-14)16-8-7-15-12-20(23)21(24)13-17(15)11-16/h6,9-13H,2-5,7-8H2,1H3. The summed E-state index contributed by atoms with van der Waals surface area (Å²) in [6.07, 6.45) is 7.24. The van der Waals surface area contributed by atoms with Gasteiger partial charge in [0.2, 0.25) is 0 Å². The zero-order valence-electron chi connectivity index (χ0n) is 13.8. The normalized spacial score (nSPS) is 13.6. The van der Waals surface area contributed by atoms with Crippen LogP contribution in [0, 0.1) is 17.5 Å². The van der Waals surface area contributed by atoms with Gasteiger partial charge in [0.05, 0.1) is 0 Å². The van der Waals surface area contributed by atoms with Crippen molar-refractivity contribution < 1.29 is 13.2 Å². The molecule has 0 atom stereocenters. The average Bonchev–Trinajstić information content (AvgIpc) is 2.56. The quantitative estimate of drug-likeness (QED) is 0.562. The molecule has 0 radical (unpaired) electrons. The fourth-order valence-electron chi connectivity index (χ4n) is 3.25. The lowest BCUT2D eigenvalue weighted by atomic mass is 9.88. The molecule has 2 aromatic carbocycles. The summed E-state index contributed by atoms with van der Waals surface area (Å²) in [7, 11) is 0. The van der Waals surface area contributed by atoms with Gasteiger partial charge in [-0.25, -0.2) is 13.2 Å². The third kappa shape index (κ3) is 3.55. The van der Waals surface area contributed by atoms with Crippen molar-refractivity contribution in [2.45, 2.75) is 45.4 Å². The van der Waals surface area contributed by atoms with Gasteiger partial charge < -0.3 is 0 Å². The number of benzene rings is 2. The molecule has 0 nitrogen and oxygen atoms in total. The van der Waals surface area contributed by atoms with Crippen molar-refractivity contribution in [3.05, 3.63) is 70.0 Å². The molecule has 24 heavy (non-hydrogen) atoms. The van der Waals surface area contributed by atoms with Crippen LogP contribution in [0.25, 0.3) is 11.6 Å². The Morgan fingerprint density at radius 3 is 2.42 bits per heavy atom. The predicted molar refractivity (Wildman–Crippen MR) is 92.2 cm³/mol. The van der Waals surface area contributed by atoms with Gasteiger partial charge in [-0.1, -0.05) is 38.0 Å². The zero-order chi connectivity index (χ0) is 17.1. The second-order valence-electron chi connectivity index (χ2n) is 6.41. The molecule has 0 fully saturated rings. The van der Waals surface area contributed by atoms with E-state index in [1.807, 2.05) is 12.1 Å². The van der Waals surface area contributed by atoms with Crippen LogP contribution in [0.5, 0.6) is 0 Å². The number of aryl methyl sites for hydroxylation is 2. The van der Waals surface area contributed by atoms with Crippen LogP contribution < -0.4 is 0 Å². The van der Waals surface area contributed by atoms with Crippen molar-refractivity contribution in [2.75, 3.05) is 0 Å². The Kier molecular flexibility index (Phi) is 5.08. The third-order valence-electron chi connectivity index (χ3n) is 4.62. The smallest absolute Gasteiger partial charge is 0.159 e. The molecule has 0 unspecified atom stereocenters. The Balaban J connectivity index is 1.86. The van der Waals surface area contributed by atoms with Gasteiger partial charge in [-0.2, -0.15) is 0 Å². The summed E-state index contributed by atoms with van der Waals surface area (Å²) in [5.74, 6) is -1.92. The van der Waals surface area contributed by atoms with Crippen LogP contribution in [0.4, 0.5) is 13.2 Å². The van der Waals surface area contributed by atoms with E-state index >= 15 is 0 Å². The molecule has 0 amide bonds. The maximum atomic E-state index is 14.5. The molecule has 0 aliphatic heterocycles. The molecule has 0 N–H and O–H groups in total. The van der Waals surface area contributed by atoms with Gasteiger partial charge in [0.25, 0.3) is 0 Å². The van der Waals surface area contributed by atoms with Crippen LogP contribution in [0.3, 0.4) is 0 Å². The van der Waals surface area contributed by atoms with Gasteiger partial charge in [-0.15, -0.1) is 0 Å². The molecule has 0 bridgehead atoms. The van der Waals surface area contributed by atoms with E-state index in [0.29, 0.717) is 24.0 Å². The van der Waals surface area contributed by atoms with E-state index in [0.717, 1.165) is 42.4 Å². The van der Waals surface area contributed by atoms with Gasteiger partial charge in [-0.3, -0.25) is 0 Å². The topological polar surface area (TPSA) is 0 Å². The third-order valence-corrected chi connectivity index (χ3v) is 4.62. The van der Waals surface area contributed by atoms with Gasteiger partial charge in [-0.05, 0) is 66.1 Å². The minimum Gasteiger partial charge on any atom is -0.206 e. The maximum Gasteiger partial charge on any atom is 0.159 e.